The number of halogens is 24. The van der Waals surface area contributed by atoms with Crippen LogP contribution in [-0.2, 0) is 14.3 Å². The van der Waals surface area contributed by atoms with Crippen molar-refractivity contribution in [3.8, 4) is 0 Å². The summed E-state index contributed by atoms with van der Waals surface area (Å²) in [5, 5.41) is 0. The Bertz CT molecular complexity index is 1090. The molecule has 0 aliphatic rings. The molecule has 1 atom stereocenters. The normalized spacial score (nSPS) is 16.3. The first-order chi connectivity index (χ1) is 20.3. The molecule has 0 fully saturated rings. The summed E-state index contributed by atoms with van der Waals surface area (Å²) < 4.78 is 323. The van der Waals surface area contributed by atoms with Crippen LogP contribution in [0.3, 0.4) is 0 Å². The van der Waals surface area contributed by atoms with Gasteiger partial charge >= 0.3 is 71.6 Å². The average molecular weight is 758 g/mol. The third-order valence-electron chi connectivity index (χ3n) is 5.62. The van der Waals surface area contributed by atoms with Crippen molar-refractivity contribution in [3.63, 3.8) is 0 Å². The second kappa shape index (κ2) is 13.1. The molecule has 0 aromatic carbocycles. The molecule has 0 aliphatic heterocycles. The van der Waals surface area contributed by atoms with Crippen molar-refractivity contribution in [2.45, 2.75) is 91.0 Å². The van der Waals surface area contributed by atoms with Crippen LogP contribution in [0.4, 0.5) is 105 Å². The Morgan fingerprint density at radius 1 is 0.532 bits per heavy atom. The van der Waals surface area contributed by atoms with E-state index in [1.807, 2.05) is 0 Å². The van der Waals surface area contributed by atoms with Crippen molar-refractivity contribution in [2.75, 3.05) is 13.2 Å². The summed E-state index contributed by atoms with van der Waals surface area (Å²) >= 11 is 0. The maximum absolute atomic E-state index is 14.0. The van der Waals surface area contributed by atoms with Gasteiger partial charge in [0.15, 0.2) is 0 Å². The van der Waals surface area contributed by atoms with Gasteiger partial charge in [-0.3, -0.25) is 0 Å². The highest BCUT2D eigenvalue weighted by atomic mass is 19.4. The zero-order valence-electron chi connectivity index (χ0n) is 21.7. The molecule has 0 spiro atoms. The molecular formula is C20H14F24O3. The Morgan fingerprint density at radius 2 is 0.872 bits per heavy atom. The number of hydrogen-bond donors (Lipinski definition) is 0. The fourth-order valence-corrected chi connectivity index (χ4v) is 2.94. The van der Waals surface area contributed by atoms with Crippen LogP contribution in [0, 0.1) is 0 Å². The number of hydrogen-bond acceptors (Lipinski definition) is 3. The fourth-order valence-electron chi connectivity index (χ4n) is 2.94. The van der Waals surface area contributed by atoms with Crippen molar-refractivity contribution >= 4 is 5.97 Å². The Labute approximate surface area is 243 Å². The maximum Gasteiger partial charge on any atom is 0.460 e. The van der Waals surface area contributed by atoms with Crippen LogP contribution in [-0.4, -0.2) is 90.9 Å². The molecule has 0 amide bonds. The first-order valence-corrected chi connectivity index (χ1v) is 11.2. The van der Waals surface area contributed by atoms with Crippen molar-refractivity contribution in [3.05, 3.63) is 12.7 Å². The van der Waals surface area contributed by atoms with E-state index in [-0.39, 0.29) is 6.08 Å². The Morgan fingerprint density at radius 3 is 1.23 bits per heavy atom. The monoisotopic (exact) mass is 758 g/mol. The summed E-state index contributed by atoms with van der Waals surface area (Å²) in [6.45, 7) is -1.17. The van der Waals surface area contributed by atoms with E-state index in [9.17, 15) is 110 Å². The van der Waals surface area contributed by atoms with Gasteiger partial charge in [-0.25, -0.2) is 4.79 Å². The third-order valence-corrected chi connectivity index (χ3v) is 5.62. The number of alkyl halides is 24. The minimum atomic E-state index is -8.24. The molecular weight excluding hydrogens is 744 g/mol. The Balaban J connectivity index is 5.93. The molecule has 0 heterocycles. The predicted octanol–water partition coefficient (Wildman–Crippen LogP) is 9.11. The maximum atomic E-state index is 14.0. The molecule has 0 aliphatic carbocycles. The fraction of sp³-hybridized carbons (Fsp3) is 0.850. The molecule has 27 heteroatoms. The van der Waals surface area contributed by atoms with Gasteiger partial charge in [0.05, 0.1) is 13.0 Å². The van der Waals surface area contributed by atoms with Crippen molar-refractivity contribution in [1.82, 2.24) is 0 Å². The number of esters is 1. The Hall–Kier alpha value is -2.51. The lowest BCUT2D eigenvalue weighted by molar-refractivity contribution is -0.440. The van der Waals surface area contributed by atoms with Crippen LogP contribution < -0.4 is 0 Å². The molecule has 0 bridgehead atoms. The molecule has 3 nitrogen and oxygen atoms in total. The van der Waals surface area contributed by atoms with E-state index in [4.69, 9.17) is 0 Å². The summed E-state index contributed by atoms with van der Waals surface area (Å²) in [6, 6.07) is 0. The molecule has 0 aromatic heterocycles. The molecule has 0 N–H and O–H groups in total. The lowest BCUT2D eigenvalue weighted by Gasteiger charge is -2.39. The van der Waals surface area contributed by atoms with Gasteiger partial charge in [-0.15, -0.1) is 0 Å². The Kier molecular flexibility index (Phi) is 12.4. The van der Waals surface area contributed by atoms with E-state index >= 15 is 0 Å². The van der Waals surface area contributed by atoms with E-state index < -0.39 is 110 Å². The molecule has 280 valence electrons. The third kappa shape index (κ3) is 7.72. The summed E-state index contributed by atoms with van der Waals surface area (Å²) in [6.07, 6.45) is -26.5. The number of rotatable bonds is 17. The molecule has 0 saturated carbocycles. The topological polar surface area (TPSA) is 35.5 Å². The number of carbonyl (C=O) groups excluding carboxylic acids is 1. The largest absolute Gasteiger partial charge is 0.460 e. The van der Waals surface area contributed by atoms with Gasteiger partial charge in [-0.2, -0.15) is 105 Å². The van der Waals surface area contributed by atoms with Gasteiger partial charge in [0, 0.05) is 19.1 Å². The second-order valence-corrected chi connectivity index (χ2v) is 9.07. The quantitative estimate of drug-likeness (QED) is 0.0643. The van der Waals surface area contributed by atoms with E-state index in [1.54, 1.807) is 0 Å². The smallest absolute Gasteiger partial charge is 0.457 e. The molecule has 0 saturated heterocycles. The van der Waals surface area contributed by atoms with Crippen LogP contribution in [0.5, 0.6) is 0 Å². The van der Waals surface area contributed by atoms with E-state index in [1.165, 1.54) is 0 Å². The van der Waals surface area contributed by atoms with Crippen molar-refractivity contribution < 1.29 is 120 Å². The SMILES string of the molecule is C=CC(=O)OC(COCCCC(F)(F)C(F)(F)C(F)(F)C(F)(F)C(F)(F)C(F)(F)F)CC(F)(F)C(F)(F)C(F)(F)C(F)(F)C(F)(F)F. The van der Waals surface area contributed by atoms with Crippen LogP contribution in [0.1, 0.15) is 19.3 Å². The summed E-state index contributed by atoms with van der Waals surface area (Å²) in [5.41, 5.74) is 0. The lowest BCUT2D eigenvalue weighted by Crippen LogP contribution is -2.70. The first kappa shape index (κ1) is 44.5. The van der Waals surface area contributed by atoms with E-state index in [0.29, 0.717) is 0 Å². The highest BCUT2D eigenvalue weighted by molar-refractivity contribution is 5.81. The summed E-state index contributed by atoms with van der Waals surface area (Å²) in [4.78, 5) is 11.2. The molecule has 0 aromatic rings. The molecule has 0 radical (unpaired) electrons. The van der Waals surface area contributed by atoms with Crippen LogP contribution in [0.2, 0.25) is 0 Å². The minimum absolute atomic E-state index is 0.0173. The minimum Gasteiger partial charge on any atom is -0.457 e. The average Bonchev–Trinajstić information content (AvgIpc) is 2.85. The van der Waals surface area contributed by atoms with Crippen LogP contribution in [0.25, 0.3) is 0 Å². The highest BCUT2D eigenvalue weighted by Gasteiger charge is 2.91. The van der Waals surface area contributed by atoms with Gasteiger partial charge in [0.25, 0.3) is 0 Å². The molecule has 47 heavy (non-hydrogen) atoms. The van der Waals surface area contributed by atoms with E-state index in [2.05, 4.69) is 16.1 Å². The van der Waals surface area contributed by atoms with Crippen molar-refractivity contribution in [2.24, 2.45) is 0 Å². The standard InChI is InChI=1S/C20H14F24O3/c1-2-9(45)47-8(6-11(23,24)13(27,28)15(31,32)17(35,36)19(39,40)41)7-46-5-3-4-10(21,22)12(25,26)14(29,30)16(33,34)18(37,38)20(42,43)44/h2,8H,1,3-7H2. The van der Waals surface area contributed by atoms with Gasteiger partial charge in [-0.1, -0.05) is 6.58 Å². The highest BCUT2D eigenvalue weighted by Crippen LogP contribution is 2.61. The second-order valence-electron chi connectivity index (χ2n) is 9.07. The van der Waals surface area contributed by atoms with Crippen LogP contribution >= 0.6 is 0 Å². The molecule has 1 unspecified atom stereocenters. The van der Waals surface area contributed by atoms with Gasteiger partial charge in [-0.05, 0) is 6.42 Å². The summed E-state index contributed by atoms with van der Waals surface area (Å²) in [7, 11) is 0. The predicted molar refractivity (Wildman–Crippen MR) is 101 cm³/mol. The number of ether oxygens (including phenoxy) is 2. The lowest BCUT2D eigenvalue weighted by atomic mass is 9.92. The van der Waals surface area contributed by atoms with Gasteiger partial charge in [0.1, 0.15) is 6.10 Å². The zero-order chi connectivity index (χ0) is 38.3. The van der Waals surface area contributed by atoms with Gasteiger partial charge in [0.2, 0.25) is 0 Å². The van der Waals surface area contributed by atoms with E-state index in [0.717, 1.165) is 0 Å². The number of carbonyl (C=O) groups is 1. The zero-order valence-corrected chi connectivity index (χ0v) is 21.7. The van der Waals surface area contributed by atoms with Crippen molar-refractivity contribution in [1.29, 1.82) is 0 Å². The first-order valence-electron chi connectivity index (χ1n) is 11.2. The molecule has 0 rings (SSSR count). The van der Waals surface area contributed by atoms with Crippen LogP contribution in [0.15, 0.2) is 12.7 Å². The van der Waals surface area contributed by atoms with Gasteiger partial charge < -0.3 is 9.47 Å². The summed E-state index contributed by atoms with van der Waals surface area (Å²) in [5.74, 6) is -71.0.